The normalized spacial score (nSPS) is 11.0. The summed E-state index contributed by atoms with van der Waals surface area (Å²) < 4.78 is 6.47. The summed E-state index contributed by atoms with van der Waals surface area (Å²) in [6.07, 6.45) is 2.48. The van der Waals surface area contributed by atoms with E-state index in [0.29, 0.717) is 19.0 Å². The van der Waals surface area contributed by atoms with Crippen LogP contribution in [0.15, 0.2) is 39.4 Å². The van der Waals surface area contributed by atoms with Crippen molar-refractivity contribution in [2.24, 2.45) is 0 Å². The molecule has 0 atom stereocenters. The summed E-state index contributed by atoms with van der Waals surface area (Å²) in [5, 5.41) is 8.91. The van der Waals surface area contributed by atoms with Gasteiger partial charge < -0.3 is 9.52 Å². The molecule has 1 heterocycles. The molecular formula is C15H17BrN2O3. The van der Waals surface area contributed by atoms with Crippen LogP contribution in [0, 0.1) is 0 Å². The standard InChI is InChI=1S/C15H17BrN2O3/c1-2-7-18(9-14(19)20)8-13-10-21-15(17-13)11-3-5-12(16)6-4-11/h3-6,10H,2,7-9H2,1H3,(H,19,20). The third-order valence-corrected chi connectivity index (χ3v) is 3.46. The predicted molar refractivity (Wildman–Crippen MR) is 82.8 cm³/mol. The molecule has 0 unspecified atom stereocenters. The molecule has 0 aliphatic heterocycles. The average Bonchev–Trinajstić information content (AvgIpc) is 2.87. The zero-order valence-electron chi connectivity index (χ0n) is 11.8. The maximum absolute atomic E-state index is 10.8. The molecule has 0 radical (unpaired) electrons. The van der Waals surface area contributed by atoms with Gasteiger partial charge in [-0.25, -0.2) is 4.98 Å². The highest BCUT2D eigenvalue weighted by Crippen LogP contribution is 2.21. The fourth-order valence-electron chi connectivity index (χ4n) is 2.06. The number of hydrogen-bond donors (Lipinski definition) is 1. The minimum Gasteiger partial charge on any atom is -0.480 e. The predicted octanol–water partition coefficient (Wildman–Crippen LogP) is 3.40. The SMILES string of the molecule is CCCN(CC(=O)O)Cc1coc(-c2ccc(Br)cc2)n1. The maximum atomic E-state index is 10.8. The first-order valence-electron chi connectivity index (χ1n) is 6.73. The van der Waals surface area contributed by atoms with E-state index in [9.17, 15) is 4.79 Å². The first kappa shape index (κ1) is 15.7. The highest BCUT2D eigenvalue weighted by molar-refractivity contribution is 9.10. The van der Waals surface area contributed by atoms with Gasteiger partial charge >= 0.3 is 5.97 Å². The van der Waals surface area contributed by atoms with Gasteiger partial charge in [-0.05, 0) is 37.2 Å². The molecule has 0 saturated carbocycles. The van der Waals surface area contributed by atoms with Gasteiger partial charge in [-0.3, -0.25) is 9.69 Å². The Hall–Kier alpha value is -1.66. The second-order valence-electron chi connectivity index (χ2n) is 4.76. The van der Waals surface area contributed by atoms with Crippen LogP contribution in [0.3, 0.4) is 0 Å². The van der Waals surface area contributed by atoms with Gasteiger partial charge in [-0.2, -0.15) is 0 Å². The quantitative estimate of drug-likeness (QED) is 0.826. The molecule has 1 aromatic heterocycles. The number of oxazole rings is 1. The zero-order valence-corrected chi connectivity index (χ0v) is 13.3. The van der Waals surface area contributed by atoms with Crippen LogP contribution >= 0.6 is 15.9 Å². The van der Waals surface area contributed by atoms with Gasteiger partial charge in [0, 0.05) is 16.6 Å². The van der Waals surface area contributed by atoms with Crippen LogP contribution in [0.2, 0.25) is 0 Å². The molecule has 0 spiro atoms. The maximum Gasteiger partial charge on any atom is 0.317 e. The highest BCUT2D eigenvalue weighted by Gasteiger charge is 2.13. The Balaban J connectivity index is 2.07. The van der Waals surface area contributed by atoms with Crippen molar-refractivity contribution < 1.29 is 14.3 Å². The van der Waals surface area contributed by atoms with Crippen LogP contribution in [0.4, 0.5) is 0 Å². The number of aliphatic carboxylic acids is 1. The van der Waals surface area contributed by atoms with E-state index in [2.05, 4.69) is 20.9 Å². The second-order valence-corrected chi connectivity index (χ2v) is 5.67. The van der Waals surface area contributed by atoms with E-state index in [1.807, 2.05) is 36.1 Å². The Bertz CT molecular complexity index is 595. The number of carboxylic acids is 1. The van der Waals surface area contributed by atoms with Crippen molar-refractivity contribution in [1.29, 1.82) is 0 Å². The molecule has 1 aromatic carbocycles. The van der Waals surface area contributed by atoms with E-state index < -0.39 is 5.97 Å². The van der Waals surface area contributed by atoms with Crippen molar-refractivity contribution in [3.63, 3.8) is 0 Å². The topological polar surface area (TPSA) is 66.6 Å². The van der Waals surface area contributed by atoms with Gasteiger partial charge in [-0.15, -0.1) is 0 Å². The Kier molecular flexibility index (Phi) is 5.52. The van der Waals surface area contributed by atoms with Crippen LogP contribution in [-0.2, 0) is 11.3 Å². The molecule has 0 saturated heterocycles. The van der Waals surface area contributed by atoms with E-state index in [-0.39, 0.29) is 6.54 Å². The first-order chi connectivity index (χ1) is 10.1. The van der Waals surface area contributed by atoms with Crippen molar-refractivity contribution in [3.8, 4) is 11.5 Å². The molecule has 112 valence electrons. The number of nitrogens with zero attached hydrogens (tertiary/aromatic N) is 2. The number of benzene rings is 1. The van der Waals surface area contributed by atoms with E-state index in [1.54, 1.807) is 6.26 Å². The lowest BCUT2D eigenvalue weighted by Gasteiger charge is -2.17. The van der Waals surface area contributed by atoms with Crippen molar-refractivity contribution in [2.75, 3.05) is 13.1 Å². The van der Waals surface area contributed by atoms with E-state index >= 15 is 0 Å². The van der Waals surface area contributed by atoms with Crippen LogP contribution in [-0.4, -0.2) is 34.0 Å². The fourth-order valence-corrected chi connectivity index (χ4v) is 2.32. The van der Waals surface area contributed by atoms with E-state index in [1.165, 1.54) is 0 Å². The molecule has 0 amide bonds. The molecule has 0 bridgehead atoms. The Labute approximate surface area is 131 Å². The third kappa shape index (κ3) is 4.68. The molecule has 6 heteroatoms. The average molecular weight is 353 g/mol. The second kappa shape index (κ2) is 7.38. The Morgan fingerprint density at radius 1 is 1.38 bits per heavy atom. The summed E-state index contributed by atoms with van der Waals surface area (Å²) in [4.78, 5) is 17.1. The fraction of sp³-hybridized carbons (Fsp3) is 0.333. The third-order valence-electron chi connectivity index (χ3n) is 2.93. The summed E-state index contributed by atoms with van der Waals surface area (Å²) >= 11 is 3.38. The van der Waals surface area contributed by atoms with Crippen LogP contribution < -0.4 is 0 Å². The van der Waals surface area contributed by atoms with Gasteiger partial charge in [0.1, 0.15) is 6.26 Å². The van der Waals surface area contributed by atoms with Crippen molar-refractivity contribution in [2.45, 2.75) is 19.9 Å². The molecule has 1 N–H and O–H groups in total. The summed E-state index contributed by atoms with van der Waals surface area (Å²) in [7, 11) is 0. The summed E-state index contributed by atoms with van der Waals surface area (Å²) in [5.74, 6) is -0.288. The van der Waals surface area contributed by atoms with Crippen LogP contribution in [0.25, 0.3) is 11.5 Å². The Morgan fingerprint density at radius 3 is 2.71 bits per heavy atom. The number of aromatic nitrogens is 1. The van der Waals surface area contributed by atoms with Crippen molar-refractivity contribution in [1.82, 2.24) is 9.88 Å². The molecule has 21 heavy (non-hydrogen) atoms. The van der Waals surface area contributed by atoms with Gasteiger partial charge in [0.2, 0.25) is 5.89 Å². The van der Waals surface area contributed by atoms with Crippen LogP contribution in [0.1, 0.15) is 19.0 Å². The van der Waals surface area contributed by atoms with Crippen LogP contribution in [0.5, 0.6) is 0 Å². The Morgan fingerprint density at radius 2 is 2.10 bits per heavy atom. The largest absolute Gasteiger partial charge is 0.480 e. The first-order valence-corrected chi connectivity index (χ1v) is 7.52. The monoisotopic (exact) mass is 352 g/mol. The minimum absolute atomic E-state index is 0.00825. The lowest BCUT2D eigenvalue weighted by molar-refractivity contribution is -0.138. The number of rotatable bonds is 7. The molecule has 0 aliphatic carbocycles. The molecular weight excluding hydrogens is 336 g/mol. The number of hydrogen-bond acceptors (Lipinski definition) is 4. The molecule has 5 nitrogen and oxygen atoms in total. The lowest BCUT2D eigenvalue weighted by atomic mass is 10.2. The molecule has 2 aromatic rings. The minimum atomic E-state index is -0.833. The number of halogens is 1. The van der Waals surface area contributed by atoms with Gasteiger partial charge in [-0.1, -0.05) is 22.9 Å². The molecule has 0 aliphatic rings. The van der Waals surface area contributed by atoms with E-state index in [4.69, 9.17) is 9.52 Å². The van der Waals surface area contributed by atoms with Gasteiger partial charge in [0.05, 0.1) is 12.2 Å². The molecule has 0 fully saturated rings. The van der Waals surface area contributed by atoms with Gasteiger partial charge in [0.15, 0.2) is 0 Å². The zero-order chi connectivity index (χ0) is 15.2. The highest BCUT2D eigenvalue weighted by atomic mass is 79.9. The van der Waals surface area contributed by atoms with Gasteiger partial charge in [0.25, 0.3) is 0 Å². The molecule has 2 rings (SSSR count). The summed E-state index contributed by atoms with van der Waals surface area (Å²) in [6.45, 7) is 3.21. The van der Waals surface area contributed by atoms with Crippen molar-refractivity contribution >= 4 is 21.9 Å². The van der Waals surface area contributed by atoms with E-state index in [0.717, 1.165) is 22.2 Å². The smallest absolute Gasteiger partial charge is 0.317 e. The number of carbonyl (C=O) groups is 1. The van der Waals surface area contributed by atoms with Crippen molar-refractivity contribution in [3.05, 3.63) is 40.7 Å². The number of carboxylic acid groups (broad SMARTS) is 1. The summed E-state index contributed by atoms with van der Waals surface area (Å²) in [5.41, 5.74) is 1.63. The summed E-state index contributed by atoms with van der Waals surface area (Å²) in [6, 6.07) is 7.68. The lowest BCUT2D eigenvalue weighted by Crippen LogP contribution is -2.30.